The molecule has 4 aromatic rings. The van der Waals surface area contributed by atoms with E-state index < -0.39 is 5.91 Å². The first-order valence-corrected chi connectivity index (χ1v) is 9.68. The van der Waals surface area contributed by atoms with Gasteiger partial charge in [-0.3, -0.25) is 4.79 Å². The molecule has 1 aromatic heterocycles. The molecule has 1 N–H and O–H groups in total. The second-order valence-electron chi connectivity index (χ2n) is 6.89. The lowest BCUT2D eigenvalue weighted by atomic mass is 10.2. The maximum atomic E-state index is 12.2. The third kappa shape index (κ3) is 4.20. The molecule has 1 amide bonds. The van der Waals surface area contributed by atoms with Crippen LogP contribution in [0.1, 0.15) is 21.7 Å². The predicted molar refractivity (Wildman–Crippen MR) is 115 cm³/mol. The van der Waals surface area contributed by atoms with E-state index in [2.05, 4.69) is 10.5 Å². The summed E-state index contributed by atoms with van der Waals surface area (Å²) in [5, 5.41) is 4.86. The van der Waals surface area contributed by atoms with Crippen LogP contribution in [0.5, 0.6) is 17.2 Å². The topological polar surface area (TPSA) is 82.3 Å². The first-order chi connectivity index (χ1) is 15.2. The SMILES string of the molecule is O=C(N/N=C/c1ccc(OCc2ccc3c(c2)OCO3)cc1)c1cc2ccccc2o1. The summed E-state index contributed by atoms with van der Waals surface area (Å²) in [6.45, 7) is 0.666. The minimum atomic E-state index is -0.406. The Balaban J connectivity index is 1.15. The third-order valence-electron chi connectivity index (χ3n) is 4.75. The van der Waals surface area contributed by atoms with Crippen LogP contribution in [0.4, 0.5) is 0 Å². The number of furan rings is 1. The Hall–Kier alpha value is -4.26. The summed E-state index contributed by atoms with van der Waals surface area (Å²) >= 11 is 0. The molecule has 1 aliphatic rings. The van der Waals surface area contributed by atoms with E-state index in [0.29, 0.717) is 12.2 Å². The number of hydrogen-bond donors (Lipinski definition) is 1. The number of ether oxygens (including phenoxy) is 3. The van der Waals surface area contributed by atoms with E-state index in [1.807, 2.05) is 66.7 Å². The number of fused-ring (bicyclic) bond motifs is 2. The van der Waals surface area contributed by atoms with Crippen LogP contribution in [0, 0.1) is 0 Å². The van der Waals surface area contributed by atoms with Crippen LogP contribution in [0.2, 0.25) is 0 Å². The van der Waals surface area contributed by atoms with Crippen LogP contribution < -0.4 is 19.6 Å². The quantitative estimate of drug-likeness (QED) is 0.371. The molecule has 0 aliphatic carbocycles. The number of hydrogen-bond acceptors (Lipinski definition) is 6. The van der Waals surface area contributed by atoms with E-state index >= 15 is 0 Å². The van der Waals surface area contributed by atoms with E-state index in [9.17, 15) is 4.79 Å². The summed E-state index contributed by atoms with van der Waals surface area (Å²) in [6.07, 6.45) is 1.56. The number of hydrazone groups is 1. The lowest BCUT2D eigenvalue weighted by molar-refractivity contribution is 0.0929. The second-order valence-corrected chi connectivity index (χ2v) is 6.89. The molecule has 0 atom stereocenters. The molecule has 5 rings (SSSR count). The molecule has 0 unspecified atom stereocenters. The van der Waals surface area contributed by atoms with Gasteiger partial charge in [-0.15, -0.1) is 0 Å². The molecule has 31 heavy (non-hydrogen) atoms. The Morgan fingerprint density at radius 3 is 2.71 bits per heavy atom. The summed E-state index contributed by atoms with van der Waals surface area (Å²) in [6, 6.07) is 22.2. The molecule has 7 nitrogen and oxygen atoms in total. The van der Waals surface area contributed by atoms with Crippen molar-refractivity contribution in [1.82, 2.24) is 5.43 Å². The zero-order valence-electron chi connectivity index (χ0n) is 16.4. The highest BCUT2D eigenvalue weighted by atomic mass is 16.7. The van der Waals surface area contributed by atoms with Crippen molar-refractivity contribution in [1.29, 1.82) is 0 Å². The smallest absolute Gasteiger partial charge is 0.307 e. The van der Waals surface area contributed by atoms with Gasteiger partial charge < -0.3 is 18.6 Å². The van der Waals surface area contributed by atoms with E-state index in [4.69, 9.17) is 18.6 Å². The Labute approximate surface area is 177 Å². The number of amides is 1. The molecule has 154 valence electrons. The van der Waals surface area contributed by atoms with Crippen molar-refractivity contribution in [3.05, 3.63) is 89.7 Å². The number of carbonyl (C=O) groups is 1. The predicted octanol–water partition coefficient (Wildman–Crippen LogP) is 4.50. The Morgan fingerprint density at radius 2 is 1.84 bits per heavy atom. The summed E-state index contributed by atoms with van der Waals surface area (Å²) in [4.78, 5) is 12.2. The van der Waals surface area contributed by atoms with Crippen molar-refractivity contribution in [3.63, 3.8) is 0 Å². The molecule has 0 saturated heterocycles. The number of carbonyl (C=O) groups excluding carboxylic acids is 1. The maximum absolute atomic E-state index is 12.2. The van der Waals surface area contributed by atoms with E-state index in [1.54, 1.807) is 12.3 Å². The Morgan fingerprint density at radius 1 is 1.00 bits per heavy atom. The highest BCUT2D eigenvalue weighted by Crippen LogP contribution is 2.32. The van der Waals surface area contributed by atoms with Gasteiger partial charge in [0.05, 0.1) is 6.21 Å². The molecule has 2 heterocycles. The van der Waals surface area contributed by atoms with Gasteiger partial charge in [-0.2, -0.15) is 5.10 Å². The highest BCUT2D eigenvalue weighted by Gasteiger charge is 2.13. The zero-order chi connectivity index (χ0) is 21.0. The summed E-state index contributed by atoms with van der Waals surface area (Å²) in [5.41, 5.74) is 4.94. The van der Waals surface area contributed by atoms with E-state index in [0.717, 1.165) is 33.8 Å². The fourth-order valence-corrected chi connectivity index (χ4v) is 3.16. The fourth-order valence-electron chi connectivity index (χ4n) is 3.16. The number of benzene rings is 3. The average molecular weight is 414 g/mol. The standard InChI is InChI=1S/C24H18N2O5/c27-24(23-12-18-3-1-2-4-20(18)31-23)26-25-13-16-5-8-19(9-6-16)28-14-17-7-10-21-22(11-17)30-15-29-21/h1-13H,14-15H2,(H,26,27)/b25-13+. The molecule has 0 radical (unpaired) electrons. The van der Waals surface area contributed by atoms with Gasteiger partial charge in [-0.1, -0.05) is 24.3 Å². The van der Waals surface area contributed by atoms with Crippen LogP contribution in [0.3, 0.4) is 0 Å². The normalized spacial score (nSPS) is 12.4. The molecule has 0 spiro atoms. The van der Waals surface area contributed by atoms with Gasteiger partial charge in [0.2, 0.25) is 6.79 Å². The molecule has 0 bridgehead atoms. The van der Waals surface area contributed by atoms with Crippen LogP contribution in [0.15, 0.2) is 82.3 Å². The maximum Gasteiger partial charge on any atom is 0.307 e. The monoisotopic (exact) mass is 414 g/mol. The molecular weight excluding hydrogens is 396 g/mol. The Kier molecular flexibility index (Phi) is 4.98. The number of nitrogens with zero attached hydrogens (tertiary/aromatic N) is 1. The highest BCUT2D eigenvalue weighted by molar-refractivity contribution is 5.96. The largest absolute Gasteiger partial charge is 0.489 e. The lowest BCUT2D eigenvalue weighted by Gasteiger charge is -2.07. The van der Waals surface area contributed by atoms with Gasteiger partial charge in [-0.25, -0.2) is 5.43 Å². The molecule has 3 aromatic carbocycles. The van der Waals surface area contributed by atoms with Gasteiger partial charge in [0.25, 0.3) is 0 Å². The van der Waals surface area contributed by atoms with Crippen molar-refractivity contribution in [2.45, 2.75) is 6.61 Å². The van der Waals surface area contributed by atoms with Crippen LogP contribution in [-0.2, 0) is 6.61 Å². The van der Waals surface area contributed by atoms with Crippen molar-refractivity contribution in [2.75, 3.05) is 6.79 Å². The van der Waals surface area contributed by atoms with Crippen LogP contribution >= 0.6 is 0 Å². The van der Waals surface area contributed by atoms with Gasteiger partial charge in [0.1, 0.15) is 17.9 Å². The minimum absolute atomic E-state index is 0.214. The Bertz CT molecular complexity index is 1230. The molecule has 1 aliphatic heterocycles. The van der Waals surface area contributed by atoms with Crippen molar-refractivity contribution >= 4 is 23.1 Å². The summed E-state index contributed by atoms with van der Waals surface area (Å²) in [5.74, 6) is 2.01. The van der Waals surface area contributed by atoms with Gasteiger partial charge >= 0.3 is 5.91 Å². The zero-order valence-corrected chi connectivity index (χ0v) is 16.4. The number of para-hydroxylation sites is 1. The van der Waals surface area contributed by atoms with Crippen LogP contribution in [-0.4, -0.2) is 18.9 Å². The van der Waals surface area contributed by atoms with Crippen LogP contribution in [0.25, 0.3) is 11.0 Å². The van der Waals surface area contributed by atoms with Gasteiger partial charge in [-0.05, 0) is 59.7 Å². The fraction of sp³-hybridized carbons (Fsp3) is 0.0833. The number of rotatable bonds is 6. The van der Waals surface area contributed by atoms with E-state index in [1.165, 1.54) is 0 Å². The van der Waals surface area contributed by atoms with Crippen molar-refractivity contribution in [3.8, 4) is 17.2 Å². The molecular formula is C24H18N2O5. The second kappa shape index (κ2) is 8.23. The van der Waals surface area contributed by atoms with Crippen molar-refractivity contribution < 1.29 is 23.4 Å². The summed E-state index contributed by atoms with van der Waals surface area (Å²) < 4.78 is 22.0. The first-order valence-electron chi connectivity index (χ1n) is 9.68. The van der Waals surface area contributed by atoms with Gasteiger partial charge in [0.15, 0.2) is 17.3 Å². The van der Waals surface area contributed by atoms with E-state index in [-0.39, 0.29) is 12.6 Å². The minimum Gasteiger partial charge on any atom is -0.489 e. The van der Waals surface area contributed by atoms with Gasteiger partial charge in [0, 0.05) is 5.39 Å². The molecule has 0 saturated carbocycles. The average Bonchev–Trinajstić information content (AvgIpc) is 3.45. The number of nitrogens with one attached hydrogen (secondary N) is 1. The lowest BCUT2D eigenvalue weighted by Crippen LogP contribution is -2.16. The van der Waals surface area contributed by atoms with Crippen molar-refractivity contribution in [2.24, 2.45) is 5.10 Å². The first kappa shape index (κ1) is 18.7. The molecule has 0 fully saturated rings. The third-order valence-corrected chi connectivity index (χ3v) is 4.75. The molecule has 7 heteroatoms. The summed E-state index contributed by atoms with van der Waals surface area (Å²) in [7, 11) is 0.